The number of nitrogens with zero attached hydrogens (tertiary/aromatic N) is 2. The summed E-state index contributed by atoms with van der Waals surface area (Å²) in [5.41, 5.74) is 0. The number of rotatable bonds is 5. The molecule has 1 atom stereocenters. The highest BCUT2D eigenvalue weighted by Crippen LogP contribution is 2.24. The van der Waals surface area contributed by atoms with Crippen LogP contribution in [0.25, 0.3) is 0 Å². The summed E-state index contributed by atoms with van der Waals surface area (Å²) < 4.78 is 9.72. The molecule has 96 valence electrons. The van der Waals surface area contributed by atoms with Crippen LogP contribution in [0.5, 0.6) is 0 Å². The van der Waals surface area contributed by atoms with Crippen LogP contribution < -0.4 is 5.32 Å². The summed E-state index contributed by atoms with van der Waals surface area (Å²) in [7, 11) is 0. The summed E-state index contributed by atoms with van der Waals surface area (Å²) in [5, 5.41) is 4.51. The number of hydrogen-bond donors (Lipinski definition) is 1. The van der Waals surface area contributed by atoms with E-state index in [0.717, 1.165) is 49.9 Å². The van der Waals surface area contributed by atoms with Gasteiger partial charge in [0.15, 0.2) is 0 Å². The molecule has 17 heavy (non-hydrogen) atoms. The van der Waals surface area contributed by atoms with Gasteiger partial charge in [0.2, 0.25) is 5.13 Å². The molecular weight excluding hydrogens is 234 g/mol. The van der Waals surface area contributed by atoms with E-state index in [2.05, 4.69) is 28.5 Å². The van der Waals surface area contributed by atoms with Gasteiger partial charge in [0.05, 0.1) is 0 Å². The first-order chi connectivity index (χ1) is 8.33. The second-order valence-electron chi connectivity index (χ2n) is 4.48. The smallest absolute Gasteiger partial charge is 0.202 e. The Morgan fingerprint density at radius 3 is 2.76 bits per heavy atom. The number of aromatic nitrogens is 2. The SMILES string of the molecule is CCc1nsc(NC(CC)C2CCOCC2)n1. The molecule has 0 aliphatic carbocycles. The van der Waals surface area contributed by atoms with Gasteiger partial charge in [-0.2, -0.15) is 4.37 Å². The third-order valence-electron chi connectivity index (χ3n) is 3.37. The van der Waals surface area contributed by atoms with Gasteiger partial charge >= 0.3 is 0 Å². The first-order valence-corrected chi connectivity index (χ1v) is 7.27. The molecule has 1 aromatic heterocycles. The summed E-state index contributed by atoms with van der Waals surface area (Å²) in [6.07, 6.45) is 4.35. The maximum atomic E-state index is 5.41. The fourth-order valence-corrected chi connectivity index (χ4v) is 3.00. The zero-order valence-electron chi connectivity index (χ0n) is 10.6. The van der Waals surface area contributed by atoms with Crippen molar-refractivity contribution in [1.29, 1.82) is 0 Å². The van der Waals surface area contributed by atoms with Crippen molar-refractivity contribution in [2.24, 2.45) is 5.92 Å². The minimum absolute atomic E-state index is 0.511. The van der Waals surface area contributed by atoms with Gasteiger partial charge in [-0.3, -0.25) is 0 Å². The lowest BCUT2D eigenvalue weighted by Gasteiger charge is -2.30. The van der Waals surface area contributed by atoms with Gasteiger partial charge in [-0.05, 0) is 25.2 Å². The van der Waals surface area contributed by atoms with Crippen LogP contribution in [0.15, 0.2) is 0 Å². The average molecular weight is 255 g/mol. The maximum Gasteiger partial charge on any atom is 0.202 e. The van der Waals surface area contributed by atoms with Crippen molar-refractivity contribution >= 4 is 16.7 Å². The van der Waals surface area contributed by atoms with Gasteiger partial charge in [-0.1, -0.05) is 13.8 Å². The molecule has 0 aromatic carbocycles. The molecule has 1 aliphatic heterocycles. The summed E-state index contributed by atoms with van der Waals surface area (Å²) in [6.45, 7) is 6.12. The number of aryl methyl sites for hydroxylation is 1. The van der Waals surface area contributed by atoms with Crippen molar-refractivity contribution in [3.05, 3.63) is 5.82 Å². The Kier molecular flexibility index (Phi) is 4.74. The van der Waals surface area contributed by atoms with Gasteiger partial charge in [-0.15, -0.1) is 0 Å². The van der Waals surface area contributed by atoms with Crippen LogP contribution in [0.1, 0.15) is 38.9 Å². The third-order valence-corrected chi connectivity index (χ3v) is 4.05. The van der Waals surface area contributed by atoms with E-state index in [1.165, 1.54) is 11.5 Å². The Labute approximate surface area is 107 Å². The van der Waals surface area contributed by atoms with Crippen LogP contribution >= 0.6 is 11.5 Å². The summed E-state index contributed by atoms with van der Waals surface area (Å²) >= 11 is 1.48. The van der Waals surface area contributed by atoms with E-state index in [9.17, 15) is 0 Å². The van der Waals surface area contributed by atoms with E-state index in [4.69, 9.17) is 4.74 Å². The van der Waals surface area contributed by atoms with E-state index < -0.39 is 0 Å². The van der Waals surface area contributed by atoms with Gasteiger partial charge in [0.1, 0.15) is 5.82 Å². The van der Waals surface area contributed by atoms with Gasteiger partial charge < -0.3 is 10.1 Å². The van der Waals surface area contributed by atoms with Crippen LogP contribution in [0, 0.1) is 5.92 Å². The van der Waals surface area contributed by atoms with Crippen molar-refractivity contribution in [2.45, 2.75) is 45.6 Å². The first kappa shape index (κ1) is 12.8. The molecular formula is C12H21N3OS. The summed E-state index contributed by atoms with van der Waals surface area (Å²) in [4.78, 5) is 4.48. The lowest BCUT2D eigenvalue weighted by molar-refractivity contribution is 0.0602. The topological polar surface area (TPSA) is 47.0 Å². The predicted molar refractivity (Wildman–Crippen MR) is 70.5 cm³/mol. The molecule has 1 saturated heterocycles. The molecule has 0 radical (unpaired) electrons. The molecule has 2 rings (SSSR count). The monoisotopic (exact) mass is 255 g/mol. The zero-order valence-corrected chi connectivity index (χ0v) is 11.4. The Bertz CT molecular complexity index is 336. The van der Waals surface area contributed by atoms with Gasteiger partial charge in [0, 0.05) is 37.2 Å². The Morgan fingerprint density at radius 1 is 1.41 bits per heavy atom. The van der Waals surface area contributed by atoms with Crippen LogP contribution in [-0.2, 0) is 11.2 Å². The average Bonchev–Trinajstić information content (AvgIpc) is 2.84. The number of anilines is 1. The second kappa shape index (κ2) is 6.31. The zero-order chi connectivity index (χ0) is 12.1. The van der Waals surface area contributed by atoms with E-state index in [1.807, 2.05) is 0 Å². The van der Waals surface area contributed by atoms with Crippen LogP contribution in [0.2, 0.25) is 0 Å². The molecule has 1 aliphatic rings. The lowest BCUT2D eigenvalue weighted by atomic mass is 9.90. The van der Waals surface area contributed by atoms with Crippen molar-refractivity contribution in [3.8, 4) is 0 Å². The quantitative estimate of drug-likeness (QED) is 0.879. The molecule has 1 unspecified atom stereocenters. The maximum absolute atomic E-state index is 5.41. The second-order valence-corrected chi connectivity index (χ2v) is 5.23. The molecule has 5 heteroatoms. The number of nitrogens with one attached hydrogen (secondary N) is 1. The van der Waals surface area contributed by atoms with Crippen LogP contribution in [0.3, 0.4) is 0 Å². The molecule has 0 spiro atoms. The van der Waals surface area contributed by atoms with E-state index in [-0.39, 0.29) is 0 Å². The normalized spacial score (nSPS) is 19.2. The molecule has 1 aromatic rings. The predicted octanol–water partition coefficient (Wildman–Crippen LogP) is 2.72. The minimum Gasteiger partial charge on any atom is -0.381 e. The van der Waals surface area contributed by atoms with Crippen molar-refractivity contribution in [3.63, 3.8) is 0 Å². The van der Waals surface area contributed by atoms with Crippen molar-refractivity contribution in [1.82, 2.24) is 9.36 Å². The highest BCUT2D eigenvalue weighted by Gasteiger charge is 2.23. The standard InChI is InChI=1S/C12H21N3OS/c1-3-10(9-5-7-16-8-6-9)13-12-14-11(4-2)15-17-12/h9-10H,3-8H2,1-2H3,(H,13,14,15). The Hall–Kier alpha value is -0.680. The molecule has 2 heterocycles. The lowest BCUT2D eigenvalue weighted by Crippen LogP contribution is -2.32. The van der Waals surface area contributed by atoms with E-state index >= 15 is 0 Å². The molecule has 1 N–H and O–H groups in total. The van der Waals surface area contributed by atoms with E-state index in [0.29, 0.717) is 12.0 Å². The van der Waals surface area contributed by atoms with Crippen molar-refractivity contribution < 1.29 is 4.74 Å². The molecule has 0 amide bonds. The molecule has 0 saturated carbocycles. The highest BCUT2D eigenvalue weighted by molar-refractivity contribution is 7.09. The fourth-order valence-electron chi connectivity index (χ4n) is 2.29. The number of ether oxygens (including phenoxy) is 1. The van der Waals surface area contributed by atoms with Gasteiger partial charge in [0.25, 0.3) is 0 Å². The van der Waals surface area contributed by atoms with E-state index in [1.54, 1.807) is 0 Å². The third kappa shape index (κ3) is 3.39. The van der Waals surface area contributed by atoms with Crippen LogP contribution in [0.4, 0.5) is 5.13 Å². The fraction of sp³-hybridized carbons (Fsp3) is 0.833. The van der Waals surface area contributed by atoms with Crippen LogP contribution in [-0.4, -0.2) is 28.6 Å². The highest BCUT2D eigenvalue weighted by atomic mass is 32.1. The minimum atomic E-state index is 0.511. The van der Waals surface area contributed by atoms with Crippen molar-refractivity contribution in [2.75, 3.05) is 18.5 Å². The largest absolute Gasteiger partial charge is 0.381 e. The molecule has 1 fully saturated rings. The Morgan fingerprint density at radius 2 is 2.18 bits per heavy atom. The number of hydrogen-bond acceptors (Lipinski definition) is 5. The Balaban J connectivity index is 1.93. The molecule has 0 bridgehead atoms. The first-order valence-electron chi connectivity index (χ1n) is 6.50. The summed E-state index contributed by atoms with van der Waals surface area (Å²) in [6, 6.07) is 0.511. The summed E-state index contributed by atoms with van der Waals surface area (Å²) in [5.74, 6) is 1.65. The molecule has 4 nitrogen and oxygen atoms in total. The van der Waals surface area contributed by atoms with Gasteiger partial charge in [-0.25, -0.2) is 4.98 Å².